The van der Waals surface area contributed by atoms with Crippen molar-refractivity contribution in [2.75, 3.05) is 6.54 Å². The molecule has 3 rings (SSSR count). The predicted molar refractivity (Wildman–Crippen MR) is 104 cm³/mol. The number of hydrogen-bond donors (Lipinski definition) is 1. The van der Waals surface area contributed by atoms with Gasteiger partial charge in [0.25, 0.3) is 0 Å². The molecule has 0 spiro atoms. The van der Waals surface area contributed by atoms with Crippen LogP contribution in [0.4, 0.5) is 0 Å². The molecule has 0 bridgehead atoms. The average Bonchev–Trinajstić information content (AvgIpc) is 3.12. The summed E-state index contributed by atoms with van der Waals surface area (Å²) in [5.41, 5.74) is 3.46. The van der Waals surface area contributed by atoms with Crippen LogP contribution in [0.15, 0.2) is 66.0 Å². The average molecular weight is 350 g/mol. The van der Waals surface area contributed by atoms with Crippen LogP contribution < -0.4 is 5.32 Å². The van der Waals surface area contributed by atoms with Gasteiger partial charge in [-0.3, -0.25) is 4.79 Å². The maximum absolute atomic E-state index is 11.9. The molecule has 2 aromatic carbocycles. The molecule has 0 fully saturated rings. The van der Waals surface area contributed by atoms with E-state index in [9.17, 15) is 4.79 Å². The first kappa shape index (κ1) is 17.4. The zero-order valence-corrected chi connectivity index (χ0v) is 15.0. The molecular formula is C21H22N2OS. The SMILES string of the molecule is O=C(CCCc1ccccc1)NCCc1csc(-c2ccccc2)n1. The molecule has 1 aromatic heterocycles. The second kappa shape index (κ2) is 9.14. The molecule has 0 saturated carbocycles. The molecule has 0 saturated heterocycles. The fourth-order valence-electron chi connectivity index (χ4n) is 2.65. The number of amides is 1. The van der Waals surface area contributed by atoms with Gasteiger partial charge in [-0.1, -0.05) is 60.7 Å². The number of hydrogen-bond acceptors (Lipinski definition) is 3. The van der Waals surface area contributed by atoms with E-state index in [1.165, 1.54) is 5.56 Å². The highest BCUT2D eigenvalue weighted by atomic mass is 32.1. The molecule has 0 aliphatic heterocycles. The lowest BCUT2D eigenvalue weighted by Gasteiger charge is -2.04. The molecule has 0 atom stereocenters. The monoisotopic (exact) mass is 350 g/mol. The van der Waals surface area contributed by atoms with Gasteiger partial charge >= 0.3 is 0 Å². The van der Waals surface area contributed by atoms with Crippen LogP contribution in [0.1, 0.15) is 24.1 Å². The standard InChI is InChI=1S/C21H22N2OS/c24-20(13-7-10-17-8-3-1-4-9-17)22-15-14-19-16-25-21(23-19)18-11-5-2-6-12-18/h1-6,8-9,11-12,16H,7,10,13-15H2,(H,22,24). The Kier molecular flexibility index (Phi) is 6.35. The van der Waals surface area contributed by atoms with E-state index in [2.05, 4.69) is 39.9 Å². The zero-order chi connectivity index (χ0) is 17.3. The van der Waals surface area contributed by atoms with Gasteiger partial charge < -0.3 is 5.32 Å². The maximum atomic E-state index is 11.9. The van der Waals surface area contributed by atoms with Gasteiger partial charge in [-0.15, -0.1) is 11.3 Å². The van der Waals surface area contributed by atoms with Gasteiger partial charge in [0.05, 0.1) is 5.69 Å². The zero-order valence-electron chi connectivity index (χ0n) is 14.2. The molecule has 0 aliphatic carbocycles. The molecule has 25 heavy (non-hydrogen) atoms. The fourth-order valence-corrected chi connectivity index (χ4v) is 3.51. The Morgan fingerprint density at radius 2 is 1.68 bits per heavy atom. The summed E-state index contributed by atoms with van der Waals surface area (Å²) in [4.78, 5) is 16.6. The van der Waals surface area contributed by atoms with Gasteiger partial charge in [0.15, 0.2) is 0 Å². The molecule has 0 aliphatic rings. The van der Waals surface area contributed by atoms with Crippen LogP contribution in [-0.2, 0) is 17.6 Å². The van der Waals surface area contributed by atoms with Crippen molar-refractivity contribution in [3.63, 3.8) is 0 Å². The predicted octanol–water partition coefficient (Wildman–Crippen LogP) is 4.49. The lowest BCUT2D eigenvalue weighted by atomic mass is 10.1. The molecular weight excluding hydrogens is 328 g/mol. The lowest BCUT2D eigenvalue weighted by Crippen LogP contribution is -2.25. The van der Waals surface area contributed by atoms with Crippen LogP contribution in [0.5, 0.6) is 0 Å². The van der Waals surface area contributed by atoms with Crippen LogP contribution in [0, 0.1) is 0 Å². The Morgan fingerprint density at radius 3 is 2.44 bits per heavy atom. The summed E-state index contributed by atoms with van der Waals surface area (Å²) in [6, 6.07) is 20.5. The van der Waals surface area contributed by atoms with E-state index in [4.69, 9.17) is 0 Å². The summed E-state index contributed by atoms with van der Waals surface area (Å²) >= 11 is 1.65. The molecule has 3 aromatic rings. The van der Waals surface area contributed by atoms with Gasteiger partial charge in [0.2, 0.25) is 5.91 Å². The molecule has 0 unspecified atom stereocenters. The second-order valence-electron chi connectivity index (χ2n) is 5.95. The maximum Gasteiger partial charge on any atom is 0.220 e. The van der Waals surface area contributed by atoms with Crippen molar-refractivity contribution in [2.45, 2.75) is 25.7 Å². The number of carbonyl (C=O) groups is 1. The third-order valence-electron chi connectivity index (χ3n) is 3.99. The minimum Gasteiger partial charge on any atom is -0.356 e. The van der Waals surface area contributed by atoms with Crippen molar-refractivity contribution in [1.29, 1.82) is 0 Å². The van der Waals surface area contributed by atoms with Crippen molar-refractivity contribution in [1.82, 2.24) is 10.3 Å². The minimum atomic E-state index is 0.120. The highest BCUT2D eigenvalue weighted by Crippen LogP contribution is 2.23. The molecule has 3 nitrogen and oxygen atoms in total. The molecule has 1 amide bonds. The topological polar surface area (TPSA) is 42.0 Å². The number of benzene rings is 2. The lowest BCUT2D eigenvalue weighted by molar-refractivity contribution is -0.121. The van der Waals surface area contributed by atoms with Crippen LogP contribution in [0.2, 0.25) is 0 Å². The molecule has 1 N–H and O–H groups in total. The Morgan fingerprint density at radius 1 is 0.960 bits per heavy atom. The Labute approximate surface area is 152 Å². The van der Waals surface area contributed by atoms with E-state index < -0.39 is 0 Å². The first-order valence-corrected chi connectivity index (χ1v) is 9.50. The molecule has 128 valence electrons. The number of nitrogens with one attached hydrogen (secondary N) is 1. The third kappa shape index (κ3) is 5.54. The van der Waals surface area contributed by atoms with Crippen molar-refractivity contribution in [3.05, 3.63) is 77.3 Å². The van der Waals surface area contributed by atoms with Gasteiger partial charge in [-0.25, -0.2) is 4.98 Å². The van der Waals surface area contributed by atoms with Gasteiger partial charge in [-0.05, 0) is 18.4 Å². The smallest absolute Gasteiger partial charge is 0.220 e. The highest BCUT2D eigenvalue weighted by molar-refractivity contribution is 7.13. The van der Waals surface area contributed by atoms with E-state index in [0.29, 0.717) is 13.0 Å². The Hall–Kier alpha value is -2.46. The Bertz CT molecular complexity index is 784. The molecule has 1 heterocycles. The van der Waals surface area contributed by atoms with Gasteiger partial charge in [0.1, 0.15) is 5.01 Å². The summed E-state index contributed by atoms with van der Waals surface area (Å²) in [6.07, 6.45) is 3.17. The van der Waals surface area contributed by atoms with Crippen molar-refractivity contribution in [2.24, 2.45) is 0 Å². The summed E-state index contributed by atoms with van der Waals surface area (Å²) in [5, 5.41) is 6.10. The van der Waals surface area contributed by atoms with E-state index in [1.54, 1.807) is 11.3 Å². The number of carbonyl (C=O) groups excluding carboxylic acids is 1. The van der Waals surface area contributed by atoms with E-state index >= 15 is 0 Å². The first-order valence-electron chi connectivity index (χ1n) is 8.62. The van der Waals surface area contributed by atoms with Crippen molar-refractivity contribution in [3.8, 4) is 10.6 Å². The largest absolute Gasteiger partial charge is 0.356 e. The Balaban J connectivity index is 1.36. The summed E-state index contributed by atoms with van der Waals surface area (Å²) in [7, 11) is 0. The number of nitrogens with zero attached hydrogens (tertiary/aromatic N) is 1. The van der Waals surface area contributed by atoms with Crippen LogP contribution in [-0.4, -0.2) is 17.4 Å². The van der Waals surface area contributed by atoms with Crippen molar-refractivity contribution < 1.29 is 4.79 Å². The van der Waals surface area contributed by atoms with Gasteiger partial charge in [0, 0.05) is 30.3 Å². The van der Waals surface area contributed by atoms with Crippen LogP contribution in [0.3, 0.4) is 0 Å². The summed E-state index contributed by atoms with van der Waals surface area (Å²) in [6.45, 7) is 0.641. The normalized spacial score (nSPS) is 10.6. The molecule has 4 heteroatoms. The number of rotatable bonds is 8. The number of aromatic nitrogens is 1. The van der Waals surface area contributed by atoms with Crippen LogP contribution in [0.25, 0.3) is 10.6 Å². The quantitative estimate of drug-likeness (QED) is 0.650. The second-order valence-corrected chi connectivity index (χ2v) is 6.81. The highest BCUT2D eigenvalue weighted by Gasteiger charge is 2.05. The van der Waals surface area contributed by atoms with E-state index in [-0.39, 0.29) is 5.91 Å². The number of aryl methyl sites for hydroxylation is 1. The van der Waals surface area contributed by atoms with Crippen molar-refractivity contribution >= 4 is 17.2 Å². The minimum absolute atomic E-state index is 0.120. The van der Waals surface area contributed by atoms with Crippen LogP contribution >= 0.6 is 11.3 Å². The molecule has 0 radical (unpaired) electrons. The number of thiazole rings is 1. The summed E-state index contributed by atoms with van der Waals surface area (Å²) in [5.74, 6) is 0.120. The fraction of sp³-hybridized carbons (Fsp3) is 0.238. The third-order valence-corrected chi connectivity index (χ3v) is 4.93. The van der Waals surface area contributed by atoms with E-state index in [1.807, 2.05) is 36.4 Å². The first-order chi connectivity index (χ1) is 12.3. The van der Waals surface area contributed by atoms with E-state index in [0.717, 1.165) is 35.5 Å². The summed E-state index contributed by atoms with van der Waals surface area (Å²) < 4.78 is 0. The van der Waals surface area contributed by atoms with Gasteiger partial charge in [-0.2, -0.15) is 0 Å².